The number of rotatable bonds is 7. The van der Waals surface area contributed by atoms with Gasteiger partial charge in [-0.05, 0) is 37.6 Å². The molecule has 0 aliphatic carbocycles. The van der Waals surface area contributed by atoms with Crippen LogP contribution in [0.15, 0.2) is 48.9 Å². The first kappa shape index (κ1) is 22.7. The number of methoxy groups -OCH3 is 1. The van der Waals surface area contributed by atoms with E-state index in [0.29, 0.717) is 31.3 Å². The summed E-state index contributed by atoms with van der Waals surface area (Å²) in [6.45, 7) is 5.40. The second kappa shape index (κ2) is 9.30. The average Bonchev–Trinajstić information content (AvgIpc) is 3.45. The van der Waals surface area contributed by atoms with Crippen LogP contribution < -0.4 is 5.32 Å². The van der Waals surface area contributed by atoms with E-state index in [1.54, 1.807) is 24.2 Å². The van der Waals surface area contributed by atoms with Crippen LogP contribution in [0.2, 0.25) is 0 Å². The van der Waals surface area contributed by atoms with Crippen LogP contribution in [-0.4, -0.2) is 60.4 Å². The largest absolute Gasteiger partial charge is 0.382 e. The quantitative estimate of drug-likeness (QED) is 0.440. The van der Waals surface area contributed by atoms with E-state index in [4.69, 9.17) is 9.72 Å². The highest BCUT2D eigenvalue weighted by atomic mass is 16.5. The molecule has 180 valence electrons. The van der Waals surface area contributed by atoms with Gasteiger partial charge in [-0.15, -0.1) is 0 Å². The number of aromatic nitrogens is 6. The van der Waals surface area contributed by atoms with Gasteiger partial charge < -0.3 is 19.5 Å². The molecule has 0 saturated carbocycles. The predicted octanol–water partition coefficient (Wildman–Crippen LogP) is 3.28. The molecule has 1 aliphatic heterocycles. The summed E-state index contributed by atoms with van der Waals surface area (Å²) in [5, 5.41) is 7.37. The van der Waals surface area contributed by atoms with Crippen molar-refractivity contribution in [3.05, 3.63) is 71.6 Å². The fourth-order valence-electron chi connectivity index (χ4n) is 4.42. The molecule has 10 nitrogen and oxygen atoms in total. The van der Waals surface area contributed by atoms with Crippen molar-refractivity contribution in [3.63, 3.8) is 0 Å². The van der Waals surface area contributed by atoms with E-state index in [9.17, 15) is 4.79 Å². The first-order valence-corrected chi connectivity index (χ1v) is 11.4. The number of nitrogens with zero attached hydrogens (tertiary/aromatic N) is 7. The molecule has 0 unspecified atom stereocenters. The fourth-order valence-corrected chi connectivity index (χ4v) is 4.42. The highest BCUT2D eigenvalue weighted by Crippen LogP contribution is 2.31. The number of ether oxygens (including phenoxy) is 1. The summed E-state index contributed by atoms with van der Waals surface area (Å²) in [7, 11) is 3.52. The Morgan fingerprint density at radius 2 is 2.06 bits per heavy atom. The van der Waals surface area contributed by atoms with Crippen molar-refractivity contribution in [2.45, 2.75) is 26.4 Å². The van der Waals surface area contributed by atoms with Crippen LogP contribution in [0.3, 0.4) is 0 Å². The molecule has 0 fully saturated rings. The number of pyridine rings is 1. The van der Waals surface area contributed by atoms with E-state index < -0.39 is 0 Å². The number of nitrogens with one attached hydrogen (secondary N) is 1. The topological polar surface area (TPSA) is 103 Å². The lowest BCUT2D eigenvalue weighted by atomic mass is 10.1. The Morgan fingerprint density at radius 1 is 1.20 bits per heavy atom. The van der Waals surface area contributed by atoms with Gasteiger partial charge in [-0.2, -0.15) is 5.10 Å². The monoisotopic (exact) mass is 472 g/mol. The van der Waals surface area contributed by atoms with Gasteiger partial charge in [0.1, 0.15) is 11.5 Å². The molecular formula is C25H28N8O2. The molecule has 0 bridgehead atoms. The molecule has 0 aromatic carbocycles. The van der Waals surface area contributed by atoms with Crippen molar-refractivity contribution in [1.29, 1.82) is 0 Å². The maximum Gasteiger partial charge on any atom is 0.270 e. The van der Waals surface area contributed by atoms with E-state index in [0.717, 1.165) is 34.0 Å². The Kier molecular flexibility index (Phi) is 6.04. The summed E-state index contributed by atoms with van der Waals surface area (Å²) in [5.74, 6) is 1.21. The van der Waals surface area contributed by atoms with Gasteiger partial charge in [0.15, 0.2) is 0 Å². The lowest BCUT2D eigenvalue weighted by Gasteiger charge is -2.34. The number of fused-ring (bicyclic) bond motifs is 1. The first-order valence-electron chi connectivity index (χ1n) is 11.4. The number of aryl methyl sites for hydroxylation is 3. The molecule has 1 aliphatic rings. The minimum atomic E-state index is -0.0353. The van der Waals surface area contributed by atoms with Crippen molar-refractivity contribution in [2.24, 2.45) is 7.05 Å². The second-order valence-corrected chi connectivity index (χ2v) is 8.78. The molecule has 0 radical (unpaired) electrons. The summed E-state index contributed by atoms with van der Waals surface area (Å²) in [6, 6.07) is 9.62. The van der Waals surface area contributed by atoms with Crippen LogP contribution >= 0.6 is 0 Å². The first-order chi connectivity index (χ1) is 16.9. The van der Waals surface area contributed by atoms with E-state index in [1.165, 1.54) is 0 Å². The molecule has 4 aromatic heterocycles. The Labute approximate surface area is 203 Å². The summed E-state index contributed by atoms with van der Waals surface area (Å²) >= 11 is 0. The van der Waals surface area contributed by atoms with Gasteiger partial charge in [0.2, 0.25) is 5.95 Å². The van der Waals surface area contributed by atoms with Crippen LogP contribution in [0.25, 0.3) is 11.3 Å². The van der Waals surface area contributed by atoms with Gasteiger partial charge >= 0.3 is 0 Å². The van der Waals surface area contributed by atoms with Crippen molar-refractivity contribution in [1.82, 2.24) is 34.2 Å². The number of carbonyl (C=O) groups excluding carboxylic acids is 1. The lowest BCUT2D eigenvalue weighted by Crippen LogP contribution is -2.43. The van der Waals surface area contributed by atoms with E-state index in [1.807, 2.05) is 66.9 Å². The van der Waals surface area contributed by atoms with E-state index in [-0.39, 0.29) is 11.9 Å². The third-order valence-electron chi connectivity index (χ3n) is 6.14. The highest BCUT2D eigenvalue weighted by molar-refractivity contribution is 5.95. The zero-order chi connectivity index (χ0) is 24.5. The van der Waals surface area contributed by atoms with Crippen molar-refractivity contribution in [3.8, 4) is 11.3 Å². The smallest absolute Gasteiger partial charge is 0.270 e. The predicted molar refractivity (Wildman–Crippen MR) is 131 cm³/mol. The molecule has 35 heavy (non-hydrogen) atoms. The molecule has 1 amide bonds. The van der Waals surface area contributed by atoms with Gasteiger partial charge in [0.25, 0.3) is 5.91 Å². The summed E-state index contributed by atoms with van der Waals surface area (Å²) in [6.07, 6.45) is 5.48. The number of hydrogen-bond acceptors (Lipinski definition) is 7. The number of anilines is 2. The van der Waals surface area contributed by atoms with Gasteiger partial charge in [-0.3, -0.25) is 14.5 Å². The van der Waals surface area contributed by atoms with Crippen molar-refractivity contribution in [2.75, 3.05) is 25.6 Å². The SMILES string of the molecule is COC[C@@H]1CN(Cc2cccc(C)n2)C(=O)c2cc(-c3nc(Nc4ccnn4C)ncc3C)cn21. The molecule has 10 heteroatoms. The third-order valence-corrected chi connectivity index (χ3v) is 6.14. The van der Waals surface area contributed by atoms with Gasteiger partial charge in [-0.25, -0.2) is 9.97 Å². The van der Waals surface area contributed by atoms with Crippen LogP contribution in [0.1, 0.15) is 33.5 Å². The molecular weight excluding hydrogens is 444 g/mol. The van der Waals surface area contributed by atoms with Crippen molar-refractivity contribution >= 4 is 17.7 Å². The van der Waals surface area contributed by atoms with Crippen LogP contribution in [-0.2, 0) is 18.3 Å². The number of carbonyl (C=O) groups is 1. The molecule has 0 saturated heterocycles. The molecule has 0 spiro atoms. The molecule has 1 atom stereocenters. The average molecular weight is 473 g/mol. The maximum atomic E-state index is 13.5. The van der Waals surface area contributed by atoms with E-state index in [2.05, 4.69) is 20.4 Å². The minimum absolute atomic E-state index is 0.0135. The Balaban J connectivity index is 1.48. The fraction of sp³-hybridized carbons (Fsp3) is 0.320. The zero-order valence-electron chi connectivity index (χ0n) is 20.3. The molecule has 5 rings (SSSR count). The van der Waals surface area contributed by atoms with Crippen molar-refractivity contribution < 1.29 is 9.53 Å². The second-order valence-electron chi connectivity index (χ2n) is 8.78. The highest BCUT2D eigenvalue weighted by Gasteiger charge is 2.32. The standard InChI is InChI=1S/C25H28N8O2/c1-16-11-26-25(29-22-8-9-27-31(22)3)30-23(16)18-10-21-24(34)32(13-19-7-5-6-17(2)28-19)14-20(15-35-4)33(21)12-18/h5-12,20H,13-15H2,1-4H3,(H,26,29,30)/t20-/m0/s1. The Hall–Kier alpha value is -4.05. The summed E-state index contributed by atoms with van der Waals surface area (Å²) in [4.78, 5) is 29.1. The van der Waals surface area contributed by atoms with Crippen LogP contribution in [0.5, 0.6) is 0 Å². The molecule has 1 N–H and O–H groups in total. The van der Waals surface area contributed by atoms with Gasteiger partial charge in [0.05, 0.1) is 36.8 Å². The van der Waals surface area contributed by atoms with Gasteiger partial charge in [0, 0.05) is 50.4 Å². The van der Waals surface area contributed by atoms with Gasteiger partial charge in [-0.1, -0.05) is 6.07 Å². The number of amides is 1. The lowest BCUT2D eigenvalue weighted by molar-refractivity contribution is 0.0569. The molecule has 4 aromatic rings. The Morgan fingerprint density at radius 3 is 2.80 bits per heavy atom. The van der Waals surface area contributed by atoms with Crippen LogP contribution in [0, 0.1) is 13.8 Å². The molecule has 5 heterocycles. The maximum absolute atomic E-state index is 13.5. The normalized spacial score (nSPS) is 15.4. The third kappa shape index (κ3) is 4.52. The minimum Gasteiger partial charge on any atom is -0.382 e. The van der Waals surface area contributed by atoms with E-state index >= 15 is 0 Å². The summed E-state index contributed by atoms with van der Waals surface area (Å²) < 4.78 is 9.23. The van der Waals surface area contributed by atoms with Crippen LogP contribution in [0.4, 0.5) is 11.8 Å². The number of hydrogen-bond donors (Lipinski definition) is 1. The zero-order valence-corrected chi connectivity index (χ0v) is 20.3. The Bertz CT molecular complexity index is 1380. The summed E-state index contributed by atoms with van der Waals surface area (Å²) in [5.41, 5.74) is 4.95.